The molecule has 0 aliphatic rings. The van der Waals surface area contributed by atoms with E-state index < -0.39 is 0 Å². The Morgan fingerprint density at radius 2 is 2.45 bits per heavy atom. The van der Waals surface area contributed by atoms with Gasteiger partial charge in [0, 0.05) is 26.2 Å². The molecule has 11 heavy (non-hydrogen) atoms. The predicted molar refractivity (Wildman–Crippen MR) is 41.4 cm³/mol. The molecule has 0 N–H and O–H groups in total. The molecule has 0 bridgehead atoms. The average Bonchev–Trinajstić information content (AvgIpc) is 2.37. The van der Waals surface area contributed by atoms with Crippen LogP contribution in [0.15, 0.2) is 10.6 Å². The Bertz CT molecular complexity index is 208. The largest absolute Gasteiger partial charge is 0.385 e. The van der Waals surface area contributed by atoms with E-state index in [4.69, 9.17) is 9.26 Å². The smallest absolute Gasteiger partial charge is 0.137 e. The lowest BCUT2D eigenvalue weighted by Crippen LogP contribution is -1.90. The molecule has 0 aliphatic carbocycles. The first-order chi connectivity index (χ1) is 5.33. The van der Waals surface area contributed by atoms with E-state index in [-0.39, 0.29) is 0 Å². The van der Waals surface area contributed by atoms with Crippen LogP contribution < -0.4 is 0 Å². The molecular formula is C8H13NO2. The van der Waals surface area contributed by atoms with Crippen LogP contribution in [0.2, 0.25) is 0 Å². The van der Waals surface area contributed by atoms with Crippen LogP contribution in [0.4, 0.5) is 0 Å². The van der Waals surface area contributed by atoms with E-state index in [1.165, 1.54) is 0 Å². The molecule has 3 heteroatoms. The Kier molecular flexibility index (Phi) is 3.11. The maximum atomic E-state index is 5.01. The number of hydrogen-bond donors (Lipinski definition) is 0. The summed E-state index contributed by atoms with van der Waals surface area (Å²) in [6, 6.07) is 1.95. The number of aromatic nitrogens is 1. The Morgan fingerprint density at radius 3 is 3.00 bits per heavy atom. The van der Waals surface area contributed by atoms with E-state index in [1.807, 2.05) is 13.0 Å². The van der Waals surface area contributed by atoms with Gasteiger partial charge in [0.05, 0.1) is 5.69 Å². The first-order valence-corrected chi connectivity index (χ1v) is 3.74. The van der Waals surface area contributed by atoms with E-state index in [9.17, 15) is 0 Å². The van der Waals surface area contributed by atoms with Crippen molar-refractivity contribution in [3.05, 3.63) is 17.5 Å². The molecule has 0 amide bonds. The average molecular weight is 155 g/mol. The van der Waals surface area contributed by atoms with Gasteiger partial charge in [-0.05, 0) is 13.3 Å². The second-order valence-corrected chi connectivity index (χ2v) is 2.53. The minimum absolute atomic E-state index is 0.778. The summed E-state index contributed by atoms with van der Waals surface area (Å²) in [6.07, 6.45) is 1.90. The summed E-state index contributed by atoms with van der Waals surface area (Å²) in [5.74, 6) is 0.944. The van der Waals surface area contributed by atoms with E-state index in [0.29, 0.717) is 0 Å². The monoisotopic (exact) mass is 155 g/mol. The van der Waals surface area contributed by atoms with Crippen molar-refractivity contribution in [1.82, 2.24) is 5.16 Å². The standard InChI is InChI=1S/C8H13NO2/c1-7-6-8(11-9-7)4-3-5-10-2/h6H,3-5H2,1-2H3. The van der Waals surface area contributed by atoms with Gasteiger partial charge < -0.3 is 9.26 Å². The zero-order chi connectivity index (χ0) is 8.10. The third-order valence-electron chi connectivity index (χ3n) is 1.45. The van der Waals surface area contributed by atoms with Crippen LogP contribution in [-0.4, -0.2) is 18.9 Å². The Hall–Kier alpha value is -0.830. The van der Waals surface area contributed by atoms with Crippen molar-refractivity contribution >= 4 is 0 Å². The Morgan fingerprint density at radius 1 is 1.64 bits per heavy atom. The number of rotatable bonds is 4. The van der Waals surface area contributed by atoms with Crippen molar-refractivity contribution in [2.75, 3.05) is 13.7 Å². The van der Waals surface area contributed by atoms with Crippen molar-refractivity contribution in [2.45, 2.75) is 19.8 Å². The lowest BCUT2D eigenvalue weighted by molar-refractivity contribution is 0.192. The molecule has 0 atom stereocenters. The highest BCUT2D eigenvalue weighted by molar-refractivity contribution is 5.02. The van der Waals surface area contributed by atoms with Gasteiger partial charge in [-0.15, -0.1) is 0 Å². The molecule has 0 unspecified atom stereocenters. The zero-order valence-corrected chi connectivity index (χ0v) is 6.96. The number of ether oxygens (including phenoxy) is 1. The summed E-state index contributed by atoms with van der Waals surface area (Å²) < 4.78 is 9.91. The first kappa shape index (κ1) is 8.27. The summed E-state index contributed by atoms with van der Waals surface area (Å²) >= 11 is 0. The van der Waals surface area contributed by atoms with Crippen molar-refractivity contribution < 1.29 is 9.26 Å². The molecule has 1 aromatic heterocycles. The quantitative estimate of drug-likeness (QED) is 0.619. The minimum Gasteiger partial charge on any atom is -0.385 e. The fourth-order valence-electron chi connectivity index (χ4n) is 0.925. The molecular weight excluding hydrogens is 142 g/mol. The second kappa shape index (κ2) is 4.13. The lowest BCUT2D eigenvalue weighted by atomic mass is 10.2. The fraction of sp³-hybridized carbons (Fsp3) is 0.625. The van der Waals surface area contributed by atoms with Gasteiger partial charge in [0.25, 0.3) is 0 Å². The number of methoxy groups -OCH3 is 1. The maximum absolute atomic E-state index is 5.01. The van der Waals surface area contributed by atoms with Gasteiger partial charge in [-0.3, -0.25) is 0 Å². The molecule has 0 radical (unpaired) electrons. The molecule has 0 aliphatic heterocycles. The summed E-state index contributed by atoms with van der Waals surface area (Å²) in [5, 5.41) is 3.78. The van der Waals surface area contributed by atoms with Crippen LogP contribution in [0.1, 0.15) is 17.9 Å². The van der Waals surface area contributed by atoms with Crippen LogP contribution in [0.25, 0.3) is 0 Å². The van der Waals surface area contributed by atoms with Gasteiger partial charge in [0.15, 0.2) is 0 Å². The van der Waals surface area contributed by atoms with E-state index in [0.717, 1.165) is 30.9 Å². The molecule has 1 rings (SSSR count). The van der Waals surface area contributed by atoms with E-state index >= 15 is 0 Å². The van der Waals surface area contributed by atoms with Gasteiger partial charge in [-0.25, -0.2) is 0 Å². The summed E-state index contributed by atoms with van der Waals surface area (Å²) in [4.78, 5) is 0. The van der Waals surface area contributed by atoms with Crippen LogP contribution in [0, 0.1) is 6.92 Å². The summed E-state index contributed by atoms with van der Waals surface area (Å²) in [5.41, 5.74) is 0.942. The van der Waals surface area contributed by atoms with Crippen molar-refractivity contribution in [2.24, 2.45) is 0 Å². The molecule has 0 saturated heterocycles. The van der Waals surface area contributed by atoms with Crippen molar-refractivity contribution in [3.8, 4) is 0 Å². The minimum atomic E-state index is 0.778. The zero-order valence-electron chi connectivity index (χ0n) is 6.96. The Labute approximate surface area is 66.3 Å². The van der Waals surface area contributed by atoms with Crippen molar-refractivity contribution in [3.63, 3.8) is 0 Å². The third kappa shape index (κ3) is 2.72. The molecule has 1 heterocycles. The highest BCUT2D eigenvalue weighted by Crippen LogP contribution is 2.04. The van der Waals surface area contributed by atoms with Gasteiger partial charge in [0.1, 0.15) is 5.76 Å². The predicted octanol–water partition coefficient (Wildman–Crippen LogP) is 1.56. The lowest BCUT2D eigenvalue weighted by Gasteiger charge is -1.93. The second-order valence-electron chi connectivity index (χ2n) is 2.53. The van der Waals surface area contributed by atoms with Gasteiger partial charge in [-0.1, -0.05) is 5.16 Å². The number of hydrogen-bond acceptors (Lipinski definition) is 3. The SMILES string of the molecule is COCCCc1cc(C)no1. The van der Waals surface area contributed by atoms with Gasteiger partial charge in [0.2, 0.25) is 0 Å². The third-order valence-corrected chi connectivity index (χ3v) is 1.45. The van der Waals surface area contributed by atoms with Gasteiger partial charge in [-0.2, -0.15) is 0 Å². The maximum Gasteiger partial charge on any atom is 0.137 e. The summed E-state index contributed by atoms with van der Waals surface area (Å²) in [6.45, 7) is 2.70. The number of aryl methyl sites for hydroxylation is 2. The first-order valence-electron chi connectivity index (χ1n) is 3.74. The van der Waals surface area contributed by atoms with Crippen LogP contribution >= 0.6 is 0 Å². The van der Waals surface area contributed by atoms with Crippen LogP contribution in [-0.2, 0) is 11.2 Å². The molecule has 0 spiro atoms. The normalized spacial score (nSPS) is 10.4. The van der Waals surface area contributed by atoms with Crippen LogP contribution in [0.3, 0.4) is 0 Å². The Balaban J connectivity index is 2.27. The highest BCUT2D eigenvalue weighted by atomic mass is 16.5. The molecule has 0 saturated carbocycles. The topological polar surface area (TPSA) is 35.3 Å². The van der Waals surface area contributed by atoms with Gasteiger partial charge >= 0.3 is 0 Å². The fourth-order valence-corrected chi connectivity index (χ4v) is 0.925. The number of nitrogens with zero attached hydrogens (tertiary/aromatic N) is 1. The molecule has 0 fully saturated rings. The molecule has 1 aromatic rings. The van der Waals surface area contributed by atoms with Crippen LogP contribution in [0.5, 0.6) is 0 Å². The van der Waals surface area contributed by atoms with E-state index in [2.05, 4.69) is 5.16 Å². The molecule has 62 valence electrons. The molecule has 0 aromatic carbocycles. The highest BCUT2D eigenvalue weighted by Gasteiger charge is 1.98. The molecule has 3 nitrogen and oxygen atoms in total. The summed E-state index contributed by atoms with van der Waals surface area (Å²) in [7, 11) is 1.70. The van der Waals surface area contributed by atoms with Crippen molar-refractivity contribution in [1.29, 1.82) is 0 Å². The van der Waals surface area contributed by atoms with E-state index in [1.54, 1.807) is 7.11 Å².